The van der Waals surface area contributed by atoms with Crippen molar-refractivity contribution in [1.29, 1.82) is 0 Å². The Morgan fingerprint density at radius 1 is 1.04 bits per heavy atom. The van der Waals surface area contributed by atoms with E-state index in [0.29, 0.717) is 0 Å². The molecule has 144 valence electrons. The summed E-state index contributed by atoms with van der Waals surface area (Å²) in [5.41, 5.74) is 1.32. The average Bonchev–Trinajstić information content (AvgIpc) is 2.73. The second kappa shape index (κ2) is 9.04. The Bertz CT molecular complexity index is 718. The van der Waals surface area contributed by atoms with Gasteiger partial charge in [0.25, 0.3) is 0 Å². The smallest absolute Gasteiger partial charge is 0.148 e. The predicted octanol–water partition coefficient (Wildman–Crippen LogP) is 2.99. The minimum Gasteiger partial charge on any atom is -0.353 e. The monoisotopic (exact) mass is 383 g/mol. The van der Waals surface area contributed by atoms with Crippen molar-refractivity contribution in [2.24, 2.45) is 0 Å². The molecule has 6 heteroatoms. The zero-order valence-corrected chi connectivity index (χ0v) is 16.9. The van der Waals surface area contributed by atoms with Crippen LogP contribution in [0.25, 0.3) is 0 Å². The van der Waals surface area contributed by atoms with Crippen molar-refractivity contribution < 1.29 is 0 Å². The van der Waals surface area contributed by atoms with Gasteiger partial charge in [-0.05, 0) is 32.0 Å². The molecule has 27 heavy (non-hydrogen) atoms. The molecule has 1 unspecified atom stereocenters. The van der Waals surface area contributed by atoms with Crippen LogP contribution in [0.4, 0.5) is 5.82 Å². The standard InChI is InChI=1S/C21H29N5S/c1-24-9-5-8-19(16-24)25-10-12-26(13-11-25)20-14-22-15-21(23-20)27-17-18-6-3-2-4-7-18/h2-4,6-7,14-15,19H,5,8-13,16-17H2,1H3. The molecule has 5 nitrogen and oxygen atoms in total. The van der Waals surface area contributed by atoms with Crippen LogP contribution in [-0.4, -0.2) is 72.1 Å². The lowest BCUT2D eigenvalue weighted by molar-refractivity contribution is 0.106. The number of thioether (sulfide) groups is 1. The number of likely N-dealkylation sites (tertiary alicyclic amines) is 1. The van der Waals surface area contributed by atoms with E-state index in [4.69, 9.17) is 4.98 Å². The third-order valence-corrected chi connectivity index (χ3v) is 6.55. The van der Waals surface area contributed by atoms with Gasteiger partial charge in [0.15, 0.2) is 0 Å². The number of likely N-dealkylation sites (N-methyl/N-ethyl adjacent to an activating group) is 1. The highest BCUT2D eigenvalue weighted by Crippen LogP contribution is 2.24. The molecule has 1 aromatic carbocycles. The molecule has 2 saturated heterocycles. The molecule has 1 aromatic heterocycles. The lowest BCUT2D eigenvalue weighted by atomic mass is 10.0. The molecule has 2 aliphatic rings. The summed E-state index contributed by atoms with van der Waals surface area (Å²) in [7, 11) is 2.25. The number of rotatable bonds is 5. The SMILES string of the molecule is CN1CCCC(N2CCN(c3cncc(SCc4ccccc4)n3)CC2)C1. The molecule has 1 atom stereocenters. The Balaban J connectivity index is 1.32. The first-order valence-corrected chi connectivity index (χ1v) is 10.9. The number of piperazine rings is 1. The first-order valence-electron chi connectivity index (χ1n) is 9.94. The van der Waals surface area contributed by atoms with E-state index < -0.39 is 0 Å². The van der Waals surface area contributed by atoms with Crippen molar-refractivity contribution in [3.8, 4) is 0 Å². The van der Waals surface area contributed by atoms with Gasteiger partial charge in [0.05, 0.1) is 12.4 Å². The Hall–Kier alpha value is -1.63. The van der Waals surface area contributed by atoms with Gasteiger partial charge in [-0.1, -0.05) is 30.3 Å². The summed E-state index contributed by atoms with van der Waals surface area (Å²) in [5, 5.41) is 1.01. The van der Waals surface area contributed by atoms with E-state index in [-0.39, 0.29) is 0 Å². The van der Waals surface area contributed by atoms with E-state index in [2.05, 4.69) is 57.1 Å². The first kappa shape index (κ1) is 18.7. The number of hydrogen-bond donors (Lipinski definition) is 0. The molecule has 2 aromatic rings. The summed E-state index contributed by atoms with van der Waals surface area (Å²) >= 11 is 1.76. The van der Waals surface area contributed by atoms with Crippen LogP contribution in [0.2, 0.25) is 0 Å². The molecule has 0 aliphatic carbocycles. The minimum atomic E-state index is 0.727. The molecule has 0 radical (unpaired) electrons. The summed E-state index contributed by atoms with van der Waals surface area (Å²) in [6, 6.07) is 11.3. The zero-order chi connectivity index (χ0) is 18.5. The van der Waals surface area contributed by atoms with E-state index in [0.717, 1.165) is 48.8 Å². The topological polar surface area (TPSA) is 35.5 Å². The van der Waals surface area contributed by atoms with Gasteiger partial charge in [0, 0.05) is 44.5 Å². The van der Waals surface area contributed by atoms with Gasteiger partial charge in [-0.3, -0.25) is 9.88 Å². The highest BCUT2D eigenvalue weighted by molar-refractivity contribution is 7.98. The van der Waals surface area contributed by atoms with Crippen LogP contribution in [0.3, 0.4) is 0 Å². The van der Waals surface area contributed by atoms with Crippen LogP contribution in [0, 0.1) is 0 Å². The van der Waals surface area contributed by atoms with E-state index >= 15 is 0 Å². The highest BCUT2D eigenvalue weighted by Gasteiger charge is 2.27. The molecule has 2 aliphatic heterocycles. The van der Waals surface area contributed by atoms with Gasteiger partial charge in [-0.2, -0.15) is 0 Å². The molecule has 0 spiro atoms. The maximum absolute atomic E-state index is 4.86. The third-order valence-electron chi connectivity index (χ3n) is 5.58. The molecular weight excluding hydrogens is 354 g/mol. The lowest BCUT2D eigenvalue weighted by Crippen LogP contribution is -2.54. The van der Waals surface area contributed by atoms with Gasteiger partial charge < -0.3 is 9.80 Å². The van der Waals surface area contributed by atoms with Gasteiger partial charge in [-0.25, -0.2) is 4.98 Å². The van der Waals surface area contributed by atoms with Crippen molar-refractivity contribution in [3.63, 3.8) is 0 Å². The molecule has 0 bridgehead atoms. The first-order chi connectivity index (χ1) is 13.3. The second-order valence-electron chi connectivity index (χ2n) is 7.57. The molecule has 0 amide bonds. The number of piperidine rings is 1. The van der Waals surface area contributed by atoms with Gasteiger partial charge in [-0.15, -0.1) is 11.8 Å². The van der Waals surface area contributed by atoms with E-state index in [1.54, 1.807) is 11.8 Å². The Morgan fingerprint density at radius 2 is 1.85 bits per heavy atom. The van der Waals surface area contributed by atoms with Gasteiger partial charge >= 0.3 is 0 Å². The molecule has 0 saturated carbocycles. The largest absolute Gasteiger partial charge is 0.353 e. The second-order valence-corrected chi connectivity index (χ2v) is 8.57. The highest BCUT2D eigenvalue weighted by atomic mass is 32.2. The lowest BCUT2D eigenvalue weighted by Gasteiger charge is -2.42. The van der Waals surface area contributed by atoms with E-state index in [1.807, 2.05) is 12.4 Å². The summed E-state index contributed by atoms with van der Waals surface area (Å²) in [4.78, 5) is 16.8. The summed E-state index contributed by atoms with van der Waals surface area (Å²) in [6.07, 6.45) is 6.46. The maximum atomic E-state index is 4.86. The Morgan fingerprint density at radius 3 is 2.63 bits per heavy atom. The third kappa shape index (κ3) is 5.00. The fourth-order valence-corrected chi connectivity index (χ4v) is 4.85. The van der Waals surface area contributed by atoms with Crippen LogP contribution in [0.1, 0.15) is 18.4 Å². The number of aromatic nitrogens is 2. The van der Waals surface area contributed by atoms with Crippen molar-refractivity contribution in [1.82, 2.24) is 19.8 Å². The number of benzene rings is 1. The van der Waals surface area contributed by atoms with Crippen LogP contribution >= 0.6 is 11.8 Å². The number of hydrogen-bond acceptors (Lipinski definition) is 6. The fourth-order valence-electron chi connectivity index (χ4n) is 4.05. The van der Waals surface area contributed by atoms with Crippen LogP contribution in [-0.2, 0) is 5.75 Å². The quantitative estimate of drug-likeness (QED) is 0.739. The average molecular weight is 384 g/mol. The summed E-state index contributed by atoms with van der Waals surface area (Å²) in [6.45, 7) is 6.80. The number of anilines is 1. The molecular formula is C21H29N5S. The zero-order valence-electron chi connectivity index (χ0n) is 16.1. The van der Waals surface area contributed by atoms with E-state index in [1.165, 1.54) is 31.5 Å². The van der Waals surface area contributed by atoms with Gasteiger partial charge in [0.1, 0.15) is 10.8 Å². The molecule has 0 N–H and O–H groups in total. The van der Waals surface area contributed by atoms with Crippen molar-refractivity contribution >= 4 is 17.6 Å². The number of nitrogens with zero attached hydrogens (tertiary/aromatic N) is 5. The van der Waals surface area contributed by atoms with Gasteiger partial charge in [0.2, 0.25) is 0 Å². The summed E-state index contributed by atoms with van der Waals surface area (Å²) < 4.78 is 0. The van der Waals surface area contributed by atoms with Crippen molar-refractivity contribution in [2.45, 2.75) is 29.7 Å². The Labute approximate surface area is 166 Å². The normalized spacial score (nSPS) is 22.1. The molecule has 2 fully saturated rings. The Kier molecular flexibility index (Phi) is 6.27. The van der Waals surface area contributed by atoms with Crippen molar-refractivity contribution in [2.75, 3.05) is 51.2 Å². The van der Waals surface area contributed by atoms with E-state index in [9.17, 15) is 0 Å². The summed E-state index contributed by atoms with van der Waals surface area (Å²) in [5.74, 6) is 1.95. The maximum Gasteiger partial charge on any atom is 0.148 e. The van der Waals surface area contributed by atoms with Crippen LogP contribution < -0.4 is 4.90 Å². The molecule has 3 heterocycles. The molecule has 4 rings (SSSR count). The van der Waals surface area contributed by atoms with Crippen LogP contribution in [0.15, 0.2) is 47.8 Å². The predicted molar refractivity (Wildman–Crippen MR) is 112 cm³/mol. The van der Waals surface area contributed by atoms with Crippen molar-refractivity contribution in [3.05, 3.63) is 48.3 Å². The fraction of sp³-hybridized carbons (Fsp3) is 0.524. The minimum absolute atomic E-state index is 0.727. The van der Waals surface area contributed by atoms with Crippen LogP contribution in [0.5, 0.6) is 0 Å².